The van der Waals surface area contributed by atoms with Crippen LogP contribution in [0.3, 0.4) is 0 Å². The summed E-state index contributed by atoms with van der Waals surface area (Å²) in [6.45, 7) is 1.32. The summed E-state index contributed by atoms with van der Waals surface area (Å²) in [5, 5.41) is 11.2. The fourth-order valence-corrected chi connectivity index (χ4v) is 3.24. The third-order valence-electron chi connectivity index (χ3n) is 5.04. The molecule has 1 fully saturated rings. The van der Waals surface area contributed by atoms with Crippen molar-refractivity contribution in [3.63, 3.8) is 0 Å². The largest absolute Gasteiger partial charge is 0.481 e. The van der Waals surface area contributed by atoms with Crippen LogP contribution in [0.25, 0.3) is 0 Å². The van der Waals surface area contributed by atoms with Gasteiger partial charge in [-0.15, -0.1) is 0 Å². The first-order valence-corrected chi connectivity index (χ1v) is 10.3. The fourth-order valence-electron chi connectivity index (χ4n) is 3.24. The van der Waals surface area contributed by atoms with Crippen LogP contribution < -0.4 is 14.8 Å². The fraction of sp³-hybridized carbons (Fsp3) is 0.435. The summed E-state index contributed by atoms with van der Waals surface area (Å²) in [4.78, 5) is 26.4. The summed E-state index contributed by atoms with van der Waals surface area (Å²) >= 11 is 0. The van der Waals surface area contributed by atoms with Gasteiger partial charge < -0.3 is 19.9 Å². The zero-order chi connectivity index (χ0) is 23.7. The van der Waals surface area contributed by atoms with E-state index in [-0.39, 0.29) is 35.7 Å². The Labute approximate surface area is 185 Å². The number of halogens is 2. The quantitative estimate of drug-likeness (QED) is 0.591. The minimum absolute atomic E-state index is 0.0118. The van der Waals surface area contributed by atoms with E-state index in [1.807, 2.05) is 6.07 Å². The van der Waals surface area contributed by atoms with Gasteiger partial charge in [0.15, 0.2) is 0 Å². The van der Waals surface area contributed by atoms with E-state index < -0.39 is 18.5 Å². The molecule has 1 aliphatic carbocycles. The third-order valence-corrected chi connectivity index (χ3v) is 5.04. The molecule has 7 nitrogen and oxygen atoms in total. The minimum atomic E-state index is -3.09. The molecule has 1 aromatic carbocycles. The van der Waals surface area contributed by atoms with Crippen LogP contribution in [0.15, 0.2) is 42.5 Å². The summed E-state index contributed by atoms with van der Waals surface area (Å²) in [6.07, 6.45) is 0.924. The second kappa shape index (κ2) is 12.0. The van der Waals surface area contributed by atoms with E-state index in [0.717, 1.165) is 0 Å². The van der Waals surface area contributed by atoms with Crippen molar-refractivity contribution >= 4 is 17.6 Å². The van der Waals surface area contributed by atoms with Gasteiger partial charge >= 0.3 is 12.6 Å². The normalized spacial score (nSPS) is 17.1. The predicted molar refractivity (Wildman–Crippen MR) is 115 cm³/mol. The molecular weight excluding hydrogens is 422 g/mol. The van der Waals surface area contributed by atoms with E-state index >= 15 is 0 Å². The van der Waals surface area contributed by atoms with Crippen LogP contribution in [0.4, 0.5) is 14.5 Å². The molecule has 9 heteroatoms. The number of anilines is 1. The molecule has 0 spiro atoms. The molecule has 1 saturated carbocycles. The molecule has 0 unspecified atom stereocenters. The van der Waals surface area contributed by atoms with Gasteiger partial charge in [0.25, 0.3) is 0 Å². The highest BCUT2D eigenvalue weighted by Gasteiger charge is 2.36. The van der Waals surface area contributed by atoms with E-state index in [2.05, 4.69) is 53.2 Å². The first kappa shape index (κ1) is 25.0. The molecule has 0 bridgehead atoms. The van der Waals surface area contributed by atoms with E-state index in [1.54, 1.807) is 0 Å². The van der Waals surface area contributed by atoms with Gasteiger partial charge in [-0.3, -0.25) is 9.59 Å². The van der Waals surface area contributed by atoms with E-state index in [9.17, 15) is 18.4 Å². The molecule has 1 amide bonds. The van der Waals surface area contributed by atoms with Gasteiger partial charge in [-0.05, 0) is 36.3 Å². The lowest BCUT2D eigenvalue weighted by Crippen LogP contribution is -2.35. The van der Waals surface area contributed by atoms with E-state index in [4.69, 9.17) is 9.84 Å². The number of methoxy groups -OCH3 is 1. The van der Waals surface area contributed by atoms with Crippen LogP contribution >= 0.6 is 0 Å². The number of hydrogen-bond donors (Lipinski definition) is 2. The number of hydrogen-bond acceptors (Lipinski definition) is 5. The van der Waals surface area contributed by atoms with Gasteiger partial charge in [-0.25, -0.2) is 0 Å². The highest BCUT2D eigenvalue weighted by Crippen LogP contribution is 2.37. The lowest BCUT2D eigenvalue weighted by Gasteiger charge is -2.33. The predicted octanol–water partition coefficient (Wildman–Crippen LogP) is 4.94. The third kappa shape index (κ3) is 7.79. The number of benzene rings is 1. The van der Waals surface area contributed by atoms with Crippen molar-refractivity contribution in [3.8, 4) is 11.8 Å². The maximum Gasteiger partial charge on any atom is 0.388 e. The Morgan fingerprint density at radius 2 is 1.81 bits per heavy atom. The van der Waals surface area contributed by atoms with Crippen molar-refractivity contribution in [1.82, 2.24) is 4.98 Å². The first-order valence-electron chi connectivity index (χ1n) is 10.3. The van der Waals surface area contributed by atoms with Crippen LogP contribution in [0.5, 0.6) is 11.8 Å². The number of carboxylic acids is 1. The van der Waals surface area contributed by atoms with Gasteiger partial charge in [-0.2, -0.15) is 13.8 Å². The van der Waals surface area contributed by atoms with E-state index in [0.29, 0.717) is 18.8 Å². The Morgan fingerprint density at radius 1 is 1.16 bits per heavy atom. The highest BCUT2D eigenvalue weighted by atomic mass is 19.3. The molecule has 0 radical (unpaired) electrons. The van der Waals surface area contributed by atoms with Gasteiger partial charge in [-0.1, -0.05) is 44.2 Å². The van der Waals surface area contributed by atoms with Gasteiger partial charge in [0.2, 0.25) is 17.7 Å². The van der Waals surface area contributed by atoms with Crippen molar-refractivity contribution in [2.75, 3.05) is 12.4 Å². The molecule has 174 valence electrons. The smallest absolute Gasteiger partial charge is 0.388 e. The first-order chi connectivity index (χ1) is 15.2. The number of carbonyl (C=O) groups excluding carboxylic acids is 1. The number of nitrogens with zero attached hydrogens (tertiary/aromatic N) is 1. The van der Waals surface area contributed by atoms with Crippen molar-refractivity contribution in [3.05, 3.63) is 48.0 Å². The number of alkyl halides is 2. The maximum absolute atomic E-state index is 12.4. The van der Waals surface area contributed by atoms with Crippen molar-refractivity contribution < 1.29 is 33.0 Å². The number of aromatic nitrogens is 1. The number of ether oxygens (including phenoxy) is 2. The van der Waals surface area contributed by atoms with E-state index in [1.165, 1.54) is 24.8 Å². The number of nitrogens with one attached hydrogen (secondary N) is 1. The summed E-state index contributed by atoms with van der Waals surface area (Å²) < 4.78 is 33.9. The average Bonchev–Trinajstić information content (AvgIpc) is 2.72. The molecule has 0 saturated heterocycles. The second-order valence-electron chi connectivity index (χ2n) is 7.77. The van der Waals surface area contributed by atoms with Crippen LogP contribution in [0.2, 0.25) is 0 Å². The molecule has 0 atom stereocenters. The standard InChI is InChI=1S/C14H16F2N2O5.C9H12/c1-22-10-3-2-9(13(18-10)23-14(15)16)17-12(21)8-4-7(5-8)6-11(19)20;1-8(2)9-6-4-3-5-7-9/h2-3,7-8,14H,4-6H2,1H3,(H,17,21)(H,19,20);3-8H,1-2H3. The number of amides is 1. The molecule has 32 heavy (non-hydrogen) atoms. The second-order valence-corrected chi connectivity index (χ2v) is 7.77. The molecule has 1 aromatic heterocycles. The topological polar surface area (TPSA) is 97.8 Å². The Balaban J connectivity index is 0.000000336. The SMILES string of the molecule is CC(C)c1ccccc1.COc1ccc(NC(=O)C2CC(CC(=O)O)C2)c(OC(F)F)n1. The Morgan fingerprint density at radius 3 is 2.31 bits per heavy atom. The number of rotatable bonds is 8. The number of aliphatic carboxylic acids is 1. The van der Waals surface area contributed by atoms with Crippen LogP contribution in [-0.2, 0) is 9.59 Å². The summed E-state index contributed by atoms with van der Waals surface area (Å²) in [6, 6.07) is 13.3. The van der Waals surface area contributed by atoms with Gasteiger partial charge in [0.1, 0.15) is 5.69 Å². The summed E-state index contributed by atoms with van der Waals surface area (Å²) in [5.41, 5.74) is 1.43. The number of pyridine rings is 1. The maximum atomic E-state index is 12.4. The molecule has 1 heterocycles. The Bertz CT molecular complexity index is 887. The van der Waals surface area contributed by atoms with Crippen molar-refractivity contribution in [2.45, 2.75) is 45.6 Å². The number of carbonyl (C=O) groups is 2. The van der Waals surface area contributed by atoms with Crippen LogP contribution in [0.1, 0.15) is 44.6 Å². The van der Waals surface area contributed by atoms with Gasteiger partial charge in [0, 0.05) is 18.4 Å². The van der Waals surface area contributed by atoms with Crippen molar-refractivity contribution in [2.24, 2.45) is 11.8 Å². The zero-order valence-electron chi connectivity index (χ0n) is 18.3. The Kier molecular flexibility index (Phi) is 9.37. The molecule has 0 aliphatic heterocycles. The monoisotopic (exact) mass is 450 g/mol. The molecule has 2 aromatic rings. The number of carboxylic acid groups (broad SMARTS) is 1. The van der Waals surface area contributed by atoms with Gasteiger partial charge in [0.05, 0.1) is 7.11 Å². The minimum Gasteiger partial charge on any atom is -0.481 e. The molecule has 3 rings (SSSR count). The lowest BCUT2D eigenvalue weighted by atomic mass is 9.73. The zero-order valence-corrected chi connectivity index (χ0v) is 18.3. The summed E-state index contributed by atoms with van der Waals surface area (Å²) in [5.74, 6) is -1.36. The lowest BCUT2D eigenvalue weighted by molar-refractivity contribution is -0.140. The molecule has 2 N–H and O–H groups in total. The highest BCUT2D eigenvalue weighted by molar-refractivity contribution is 5.94. The molecule has 1 aliphatic rings. The molecular formula is C23H28F2N2O5. The van der Waals surface area contributed by atoms with Crippen molar-refractivity contribution in [1.29, 1.82) is 0 Å². The average molecular weight is 450 g/mol. The summed E-state index contributed by atoms with van der Waals surface area (Å²) in [7, 11) is 1.32. The van der Waals surface area contributed by atoms with Crippen LogP contribution in [0, 0.1) is 11.8 Å². The van der Waals surface area contributed by atoms with Crippen LogP contribution in [-0.4, -0.2) is 35.7 Å². The Hall–Kier alpha value is -3.23.